The summed E-state index contributed by atoms with van der Waals surface area (Å²) in [4.78, 5) is 26.6. The van der Waals surface area contributed by atoms with E-state index in [1.165, 1.54) is 0 Å². The Kier molecular flexibility index (Phi) is 3.92. The summed E-state index contributed by atoms with van der Waals surface area (Å²) >= 11 is 5.81. The van der Waals surface area contributed by atoms with E-state index in [4.69, 9.17) is 11.6 Å². The zero-order chi connectivity index (χ0) is 16.4. The third-order valence-corrected chi connectivity index (χ3v) is 3.97. The van der Waals surface area contributed by atoms with Gasteiger partial charge in [0.1, 0.15) is 0 Å². The number of amides is 3. The molecule has 0 bridgehead atoms. The Morgan fingerprint density at radius 3 is 1.91 bits per heavy atom. The molecule has 23 heavy (non-hydrogen) atoms. The molecule has 4 nitrogen and oxygen atoms in total. The predicted molar refractivity (Wildman–Crippen MR) is 88.9 cm³/mol. The molecule has 0 spiro atoms. The van der Waals surface area contributed by atoms with E-state index in [0.717, 1.165) is 4.90 Å². The van der Waals surface area contributed by atoms with Crippen molar-refractivity contribution < 1.29 is 9.59 Å². The lowest BCUT2D eigenvalue weighted by Gasteiger charge is -2.28. The maximum absolute atomic E-state index is 13.1. The number of urea groups is 1. The number of nitrogens with one attached hydrogen (secondary N) is 1. The van der Waals surface area contributed by atoms with Gasteiger partial charge in [-0.1, -0.05) is 78.8 Å². The largest absolute Gasteiger partial charge is 0.325 e. The number of nitrogens with zero attached hydrogens (tertiary/aromatic N) is 1. The average Bonchev–Trinajstić information content (AvgIpc) is 2.82. The van der Waals surface area contributed by atoms with Crippen molar-refractivity contribution in [2.24, 2.45) is 0 Å². The Bertz CT molecular complexity index is 720. The third kappa shape index (κ3) is 2.51. The summed E-state index contributed by atoms with van der Waals surface area (Å²) in [5.74, 6) is -0.360. The topological polar surface area (TPSA) is 49.4 Å². The predicted octanol–water partition coefficient (Wildman–Crippen LogP) is 3.23. The van der Waals surface area contributed by atoms with E-state index in [1.54, 1.807) is 0 Å². The molecular formula is C18H15ClN2O2. The van der Waals surface area contributed by atoms with Crippen molar-refractivity contribution in [3.05, 3.63) is 83.4 Å². The van der Waals surface area contributed by atoms with Gasteiger partial charge in [-0.3, -0.25) is 9.69 Å². The molecule has 1 saturated heterocycles. The van der Waals surface area contributed by atoms with E-state index in [0.29, 0.717) is 11.1 Å². The van der Waals surface area contributed by atoms with Gasteiger partial charge in [-0.15, -0.1) is 0 Å². The first-order chi connectivity index (χ1) is 11.1. The van der Waals surface area contributed by atoms with Gasteiger partial charge in [-0.25, -0.2) is 4.79 Å². The zero-order valence-electron chi connectivity index (χ0n) is 12.3. The smallest absolute Gasteiger partial charge is 0.315 e. The van der Waals surface area contributed by atoms with E-state index in [-0.39, 0.29) is 17.5 Å². The number of rotatable bonds is 4. The minimum absolute atomic E-state index is 0.0202. The van der Waals surface area contributed by atoms with Gasteiger partial charge >= 0.3 is 6.03 Å². The van der Waals surface area contributed by atoms with E-state index in [2.05, 4.69) is 11.9 Å². The molecular weight excluding hydrogens is 312 g/mol. The van der Waals surface area contributed by atoms with Crippen LogP contribution < -0.4 is 5.32 Å². The summed E-state index contributed by atoms with van der Waals surface area (Å²) in [7, 11) is 0. The van der Waals surface area contributed by atoms with Crippen molar-refractivity contribution in [2.45, 2.75) is 5.54 Å². The van der Waals surface area contributed by atoms with Gasteiger partial charge in [0, 0.05) is 5.03 Å². The van der Waals surface area contributed by atoms with Gasteiger partial charge in [0.2, 0.25) is 0 Å². The average molecular weight is 327 g/mol. The van der Waals surface area contributed by atoms with Gasteiger partial charge < -0.3 is 5.32 Å². The SMILES string of the molecule is C=C(Cl)CN1C(=O)NC(c2ccccc2)(c2ccccc2)C1=O. The Morgan fingerprint density at radius 2 is 1.48 bits per heavy atom. The van der Waals surface area contributed by atoms with Crippen LogP contribution in [0.4, 0.5) is 4.79 Å². The second-order valence-electron chi connectivity index (χ2n) is 5.32. The number of imide groups is 1. The molecule has 0 unspecified atom stereocenters. The molecule has 1 heterocycles. The molecule has 2 aromatic carbocycles. The fourth-order valence-corrected chi connectivity index (χ4v) is 2.94. The zero-order valence-corrected chi connectivity index (χ0v) is 13.1. The van der Waals surface area contributed by atoms with Crippen LogP contribution in [0.2, 0.25) is 0 Å². The van der Waals surface area contributed by atoms with Crippen LogP contribution in [0, 0.1) is 0 Å². The van der Waals surface area contributed by atoms with Gasteiger partial charge in [0.05, 0.1) is 6.54 Å². The van der Waals surface area contributed by atoms with E-state index in [9.17, 15) is 9.59 Å². The molecule has 1 aliphatic heterocycles. The molecule has 5 heteroatoms. The van der Waals surface area contributed by atoms with Crippen LogP contribution in [0.3, 0.4) is 0 Å². The minimum Gasteiger partial charge on any atom is -0.315 e. The van der Waals surface area contributed by atoms with Crippen LogP contribution in [0.25, 0.3) is 0 Å². The summed E-state index contributed by atoms with van der Waals surface area (Å²) in [5.41, 5.74) is 0.158. The van der Waals surface area contributed by atoms with Crippen LogP contribution in [-0.2, 0) is 10.3 Å². The molecule has 1 N–H and O–H groups in total. The maximum atomic E-state index is 13.1. The standard InChI is InChI=1S/C18H15ClN2O2/c1-13(19)12-21-16(22)18(20-17(21)23,14-8-4-2-5-9-14)15-10-6-3-7-11-15/h2-11H,1,12H2,(H,20,23). The molecule has 3 rings (SSSR count). The Morgan fingerprint density at radius 1 is 1.00 bits per heavy atom. The van der Waals surface area contributed by atoms with Crippen molar-refractivity contribution in [1.82, 2.24) is 10.2 Å². The van der Waals surface area contributed by atoms with Gasteiger partial charge in [0.25, 0.3) is 5.91 Å². The Balaban J connectivity index is 2.17. The van der Waals surface area contributed by atoms with Crippen molar-refractivity contribution in [3.8, 4) is 0 Å². The number of carbonyl (C=O) groups excluding carboxylic acids is 2. The highest BCUT2D eigenvalue weighted by molar-refractivity contribution is 6.30. The minimum atomic E-state index is -1.24. The molecule has 3 amide bonds. The summed E-state index contributed by atoms with van der Waals surface area (Å²) < 4.78 is 0. The maximum Gasteiger partial charge on any atom is 0.325 e. The lowest BCUT2D eigenvalue weighted by molar-refractivity contribution is -0.129. The fraction of sp³-hybridized carbons (Fsp3) is 0.111. The van der Waals surface area contributed by atoms with Crippen LogP contribution in [0.15, 0.2) is 72.3 Å². The lowest BCUT2D eigenvalue weighted by Crippen LogP contribution is -2.45. The second-order valence-corrected chi connectivity index (χ2v) is 5.86. The molecule has 0 radical (unpaired) electrons. The first-order valence-electron chi connectivity index (χ1n) is 7.14. The quantitative estimate of drug-likeness (QED) is 0.877. The number of hydrogen-bond donors (Lipinski definition) is 1. The number of carbonyl (C=O) groups is 2. The fourth-order valence-electron chi connectivity index (χ4n) is 2.83. The highest BCUT2D eigenvalue weighted by Gasteiger charge is 2.53. The highest BCUT2D eigenvalue weighted by atomic mass is 35.5. The molecule has 0 saturated carbocycles. The first-order valence-corrected chi connectivity index (χ1v) is 7.52. The van der Waals surface area contributed by atoms with Gasteiger partial charge in [-0.05, 0) is 11.1 Å². The Hall–Kier alpha value is -2.59. The van der Waals surface area contributed by atoms with Crippen LogP contribution in [0.5, 0.6) is 0 Å². The lowest BCUT2D eigenvalue weighted by atomic mass is 9.82. The van der Waals surface area contributed by atoms with E-state index >= 15 is 0 Å². The summed E-state index contributed by atoms with van der Waals surface area (Å²) in [6.07, 6.45) is 0. The van der Waals surface area contributed by atoms with Gasteiger partial charge in [0.15, 0.2) is 5.54 Å². The van der Waals surface area contributed by atoms with Gasteiger partial charge in [-0.2, -0.15) is 0 Å². The first kappa shape index (κ1) is 15.3. The van der Waals surface area contributed by atoms with E-state index < -0.39 is 11.6 Å². The molecule has 116 valence electrons. The van der Waals surface area contributed by atoms with Crippen LogP contribution in [-0.4, -0.2) is 23.4 Å². The molecule has 2 aromatic rings. The summed E-state index contributed by atoms with van der Waals surface area (Å²) in [5, 5.41) is 3.07. The van der Waals surface area contributed by atoms with Crippen molar-refractivity contribution in [1.29, 1.82) is 0 Å². The Labute approximate surface area is 139 Å². The highest BCUT2D eigenvalue weighted by Crippen LogP contribution is 2.36. The second kappa shape index (κ2) is 5.89. The van der Waals surface area contributed by atoms with E-state index in [1.807, 2.05) is 60.7 Å². The van der Waals surface area contributed by atoms with Crippen molar-refractivity contribution >= 4 is 23.5 Å². The molecule has 0 aromatic heterocycles. The third-order valence-electron chi connectivity index (χ3n) is 3.85. The molecule has 1 fully saturated rings. The number of hydrogen-bond acceptors (Lipinski definition) is 2. The van der Waals surface area contributed by atoms with Crippen molar-refractivity contribution in [2.75, 3.05) is 6.54 Å². The van der Waals surface area contributed by atoms with Crippen LogP contribution in [0.1, 0.15) is 11.1 Å². The monoisotopic (exact) mass is 326 g/mol. The summed E-state index contributed by atoms with van der Waals surface area (Å²) in [6.45, 7) is 3.55. The number of benzene rings is 2. The van der Waals surface area contributed by atoms with Crippen molar-refractivity contribution in [3.63, 3.8) is 0 Å². The number of halogens is 1. The molecule has 0 aliphatic carbocycles. The molecule has 0 atom stereocenters. The summed E-state index contributed by atoms with van der Waals surface area (Å²) in [6, 6.07) is 17.9. The normalized spacial score (nSPS) is 16.3. The molecule has 1 aliphatic rings. The van der Waals surface area contributed by atoms with Crippen LogP contribution >= 0.6 is 11.6 Å².